The van der Waals surface area contributed by atoms with E-state index >= 15 is 0 Å². The smallest absolute Gasteiger partial charge is 0.242 e. The van der Waals surface area contributed by atoms with Crippen molar-refractivity contribution in [3.63, 3.8) is 0 Å². The number of likely N-dealkylation sites (N-methyl/N-ethyl adjacent to an activating group) is 1. The Bertz CT molecular complexity index is 774. The lowest BCUT2D eigenvalue weighted by atomic mass is 10.1. The molecule has 0 aromatic heterocycles. The van der Waals surface area contributed by atoms with Gasteiger partial charge in [0.1, 0.15) is 6.04 Å². The predicted octanol–water partition coefficient (Wildman–Crippen LogP) is 4.13. The molecular formula is C22H27ClN2O2. The Kier molecular flexibility index (Phi) is 7.86. The normalized spacial score (nSPS) is 11.7. The van der Waals surface area contributed by atoms with Gasteiger partial charge < -0.3 is 10.2 Å². The number of hydrogen-bond donors (Lipinski definition) is 1. The van der Waals surface area contributed by atoms with E-state index in [9.17, 15) is 9.59 Å². The number of hydrogen-bond acceptors (Lipinski definition) is 2. The van der Waals surface area contributed by atoms with E-state index in [1.165, 1.54) is 0 Å². The van der Waals surface area contributed by atoms with Crippen molar-refractivity contribution in [3.05, 3.63) is 70.2 Å². The molecule has 2 aromatic carbocycles. The first kappa shape index (κ1) is 21.0. The van der Waals surface area contributed by atoms with Crippen LogP contribution in [0.3, 0.4) is 0 Å². The van der Waals surface area contributed by atoms with Gasteiger partial charge >= 0.3 is 0 Å². The topological polar surface area (TPSA) is 49.4 Å². The molecule has 2 rings (SSSR count). The second-order valence-electron chi connectivity index (χ2n) is 6.63. The van der Waals surface area contributed by atoms with Crippen LogP contribution in [0.2, 0.25) is 5.02 Å². The average Bonchev–Trinajstić information content (AvgIpc) is 2.63. The van der Waals surface area contributed by atoms with Crippen LogP contribution in [0.1, 0.15) is 37.0 Å². The number of amides is 2. The first-order chi connectivity index (χ1) is 12.9. The molecule has 0 aliphatic rings. The lowest BCUT2D eigenvalue weighted by Crippen LogP contribution is -2.49. The zero-order valence-electron chi connectivity index (χ0n) is 16.2. The fourth-order valence-corrected chi connectivity index (χ4v) is 3.22. The summed E-state index contributed by atoms with van der Waals surface area (Å²) in [7, 11) is 0. The molecule has 0 radical (unpaired) electrons. The third-order valence-electron chi connectivity index (χ3n) is 4.44. The molecule has 0 heterocycles. The second-order valence-corrected chi connectivity index (χ2v) is 7.07. The minimum atomic E-state index is -0.495. The summed E-state index contributed by atoms with van der Waals surface area (Å²) in [5.74, 6) is -0.186. The largest absolute Gasteiger partial charge is 0.355 e. The van der Waals surface area contributed by atoms with Crippen molar-refractivity contribution >= 4 is 23.4 Å². The summed E-state index contributed by atoms with van der Waals surface area (Å²) in [4.78, 5) is 27.3. The Morgan fingerprint density at radius 3 is 2.37 bits per heavy atom. The number of rotatable bonds is 8. The second kappa shape index (κ2) is 10.1. The molecule has 1 atom stereocenters. The molecule has 0 aliphatic carbocycles. The quantitative estimate of drug-likeness (QED) is 0.741. The van der Waals surface area contributed by atoms with Crippen LogP contribution >= 0.6 is 11.6 Å². The van der Waals surface area contributed by atoms with Crippen molar-refractivity contribution in [1.82, 2.24) is 10.2 Å². The standard InChI is InChI=1S/C22H27ClN2O2/c1-4-20(22(27)24-5-2)25(15-18-8-6-7-16(3)13-18)21(26)14-17-9-11-19(23)12-10-17/h6-13,20H,4-5,14-15H2,1-3H3,(H,24,27)/t20-/m1/s1. The van der Waals surface area contributed by atoms with Gasteiger partial charge in [0.2, 0.25) is 11.8 Å². The summed E-state index contributed by atoms with van der Waals surface area (Å²) in [6, 6.07) is 14.8. The van der Waals surface area contributed by atoms with Gasteiger partial charge in [-0.15, -0.1) is 0 Å². The first-order valence-electron chi connectivity index (χ1n) is 9.31. The summed E-state index contributed by atoms with van der Waals surface area (Å²) in [6.45, 7) is 6.77. The van der Waals surface area contributed by atoms with E-state index in [1.807, 2.05) is 57.2 Å². The van der Waals surface area contributed by atoms with E-state index in [0.717, 1.165) is 16.7 Å². The maximum absolute atomic E-state index is 13.1. The number of aryl methyl sites for hydroxylation is 1. The highest BCUT2D eigenvalue weighted by Gasteiger charge is 2.28. The van der Waals surface area contributed by atoms with E-state index in [2.05, 4.69) is 5.32 Å². The number of carbonyl (C=O) groups is 2. The Hall–Kier alpha value is -2.33. The summed E-state index contributed by atoms with van der Waals surface area (Å²) in [6.07, 6.45) is 0.795. The molecule has 4 nitrogen and oxygen atoms in total. The van der Waals surface area contributed by atoms with E-state index in [4.69, 9.17) is 11.6 Å². The van der Waals surface area contributed by atoms with Crippen LogP contribution in [0.4, 0.5) is 0 Å². The molecule has 0 saturated heterocycles. The third kappa shape index (κ3) is 6.10. The monoisotopic (exact) mass is 386 g/mol. The summed E-state index contributed by atoms with van der Waals surface area (Å²) < 4.78 is 0. The number of nitrogens with zero attached hydrogens (tertiary/aromatic N) is 1. The molecule has 0 fully saturated rings. The lowest BCUT2D eigenvalue weighted by Gasteiger charge is -2.30. The minimum absolute atomic E-state index is 0.0723. The van der Waals surface area contributed by atoms with Gasteiger partial charge in [-0.05, 0) is 43.5 Å². The maximum Gasteiger partial charge on any atom is 0.242 e. The molecule has 0 saturated carbocycles. The van der Waals surface area contributed by atoms with Gasteiger partial charge in [0, 0.05) is 18.1 Å². The third-order valence-corrected chi connectivity index (χ3v) is 4.69. The molecular weight excluding hydrogens is 360 g/mol. The van der Waals surface area contributed by atoms with Crippen molar-refractivity contribution in [2.45, 2.75) is 46.2 Å². The van der Waals surface area contributed by atoms with Gasteiger partial charge in [0.15, 0.2) is 0 Å². The van der Waals surface area contributed by atoms with Crippen molar-refractivity contribution in [2.75, 3.05) is 6.54 Å². The SMILES string of the molecule is CCNC(=O)[C@@H](CC)N(Cc1cccc(C)c1)C(=O)Cc1ccc(Cl)cc1. The fraction of sp³-hybridized carbons (Fsp3) is 0.364. The number of nitrogens with one attached hydrogen (secondary N) is 1. The number of benzene rings is 2. The van der Waals surface area contributed by atoms with Crippen LogP contribution in [0, 0.1) is 6.92 Å². The van der Waals surface area contributed by atoms with Crippen molar-refractivity contribution in [2.24, 2.45) is 0 Å². The molecule has 0 unspecified atom stereocenters. The fourth-order valence-electron chi connectivity index (χ4n) is 3.10. The van der Waals surface area contributed by atoms with Crippen LogP contribution in [-0.2, 0) is 22.6 Å². The zero-order valence-corrected chi connectivity index (χ0v) is 16.9. The molecule has 27 heavy (non-hydrogen) atoms. The van der Waals surface area contributed by atoms with Crippen LogP contribution in [0.5, 0.6) is 0 Å². The Labute approximate surface area is 166 Å². The van der Waals surface area contributed by atoms with Gasteiger partial charge in [0.05, 0.1) is 6.42 Å². The van der Waals surface area contributed by atoms with E-state index < -0.39 is 6.04 Å². The highest BCUT2D eigenvalue weighted by atomic mass is 35.5. The molecule has 2 aromatic rings. The molecule has 5 heteroatoms. The Balaban J connectivity index is 2.27. The van der Waals surface area contributed by atoms with Crippen LogP contribution in [-0.4, -0.2) is 29.3 Å². The van der Waals surface area contributed by atoms with Crippen molar-refractivity contribution in [1.29, 1.82) is 0 Å². The van der Waals surface area contributed by atoms with Gasteiger partial charge in [0.25, 0.3) is 0 Å². The highest BCUT2D eigenvalue weighted by Crippen LogP contribution is 2.16. The van der Waals surface area contributed by atoms with Crippen molar-refractivity contribution in [3.8, 4) is 0 Å². The Morgan fingerprint density at radius 2 is 1.78 bits per heavy atom. The minimum Gasteiger partial charge on any atom is -0.355 e. The average molecular weight is 387 g/mol. The van der Waals surface area contributed by atoms with Gasteiger partial charge in [-0.25, -0.2) is 0 Å². The molecule has 0 aliphatic heterocycles. The Morgan fingerprint density at radius 1 is 1.07 bits per heavy atom. The van der Waals surface area contributed by atoms with Gasteiger partial charge in [-0.2, -0.15) is 0 Å². The van der Waals surface area contributed by atoms with Crippen molar-refractivity contribution < 1.29 is 9.59 Å². The number of halogens is 1. The molecule has 144 valence electrons. The summed E-state index contributed by atoms with van der Waals surface area (Å²) in [5, 5.41) is 3.49. The number of carbonyl (C=O) groups excluding carboxylic acids is 2. The maximum atomic E-state index is 13.1. The molecule has 0 bridgehead atoms. The molecule has 1 N–H and O–H groups in total. The zero-order chi connectivity index (χ0) is 19.8. The highest BCUT2D eigenvalue weighted by molar-refractivity contribution is 6.30. The summed E-state index contributed by atoms with van der Waals surface area (Å²) in [5.41, 5.74) is 3.02. The van der Waals surface area contributed by atoms with Crippen LogP contribution < -0.4 is 5.32 Å². The van der Waals surface area contributed by atoms with E-state index in [1.54, 1.807) is 17.0 Å². The molecule has 0 spiro atoms. The molecule has 2 amide bonds. The van der Waals surface area contributed by atoms with Crippen LogP contribution in [0.15, 0.2) is 48.5 Å². The van der Waals surface area contributed by atoms with E-state index in [-0.39, 0.29) is 18.2 Å². The van der Waals surface area contributed by atoms with Gasteiger partial charge in [-0.3, -0.25) is 9.59 Å². The first-order valence-corrected chi connectivity index (χ1v) is 9.69. The van der Waals surface area contributed by atoms with Crippen LogP contribution in [0.25, 0.3) is 0 Å². The van der Waals surface area contributed by atoms with Gasteiger partial charge in [-0.1, -0.05) is 60.5 Å². The van der Waals surface area contributed by atoms with E-state index in [0.29, 0.717) is 24.5 Å². The summed E-state index contributed by atoms with van der Waals surface area (Å²) >= 11 is 5.93. The lowest BCUT2D eigenvalue weighted by molar-refractivity contribution is -0.140. The predicted molar refractivity (Wildman–Crippen MR) is 110 cm³/mol.